The van der Waals surface area contributed by atoms with Gasteiger partial charge in [0.25, 0.3) is 0 Å². The van der Waals surface area contributed by atoms with Crippen LogP contribution in [-0.4, -0.2) is 25.7 Å². The molecule has 1 aromatic carbocycles. The Morgan fingerprint density at radius 3 is 2.61 bits per heavy atom. The molecule has 1 aromatic rings. The molecule has 0 amide bonds. The standard InChI is InChI=1S/C12H15NO4S/c1-3-8-6-9(10(13)7-12(14)15)4-5-11(8)18(2,16)17/h3-6,10H,1,7,13H2,2H3,(H,14,15). The number of hydrogen-bond donors (Lipinski definition) is 2. The van der Waals surface area contributed by atoms with Gasteiger partial charge in [-0.15, -0.1) is 0 Å². The molecule has 0 spiro atoms. The monoisotopic (exact) mass is 269 g/mol. The number of carboxylic acids is 1. The maximum absolute atomic E-state index is 11.5. The molecule has 3 N–H and O–H groups in total. The minimum Gasteiger partial charge on any atom is -0.481 e. The van der Waals surface area contributed by atoms with Crippen molar-refractivity contribution >= 4 is 21.9 Å². The molecule has 0 bridgehead atoms. The van der Waals surface area contributed by atoms with Crippen molar-refractivity contribution < 1.29 is 18.3 Å². The molecule has 98 valence electrons. The summed E-state index contributed by atoms with van der Waals surface area (Å²) >= 11 is 0. The number of aliphatic carboxylic acids is 1. The van der Waals surface area contributed by atoms with Crippen molar-refractivity contribution in [3.63, 3.8) is 0 Å². The second-order valence-corrected chi connectivity index (χ2v) is 5.96. The van der Waals surface area contributed by atoms with Crippen LogP contribution in [0.5, 0.6) is 0 Å². The normalized spacial score (nSPS) is 13.0. The third-order valence-corrected chi connectivity index (χ3v) is 3.65. The maximum atomic E-state index is 11.5. The van der Waals surface area contributed by atoms with E-state index >= 15 is 0 Å². The molecule has 0 aromatic heterocycles. The number of rotatable bonds is 5. The van der Waals surface area contributed by atoms with Crippen LogP contribution in [-0.2, 0) is 14.6 Å². The van der Waals surface area contributed by atoms with Gasteiger partial charge in [0.2, 0.25) is 0 Å². The molecule has 1 rings (SSSR count). The molecule has 0 aliphatic rings. The highest BCUT2D eigenvalue weighted by Gasteiger charge is 2.15. The van der Waals surface area contributed by atoms with E-state index in [0.717, 1.165) is 6.26 Å². The van der Waals surface area contributed by atoms with Gasteiger partial charge < -0.3 is 10.8 Å². The fourth-order valence-electron chi connectivity index (χ4n) is 1.60. The Kier molecular flexibility index (Phi) is 4.26. The van der Waals surface area contributed by atoms with Crippen LogP contribution in [0.1, 0.15) is 23.6 Å². The highest BCUT2D eigenvalue weighted by atomic mass is 32.2. The smallest absolute Gasteiger partial charge is 0.305 e. The van der Waals surface area contributed by atoms with Crippen LogP contribution in [0.25, 0.3) is 6.08 Å². The van der Waals surface area contributed by atoms with Gasteiger partial charge in [-0.1, -0.05) is 18.7 Å². The summed E-state index contributed by atoms with van der Waals surface area (Å²) in [5.41, 5.74) is 6.71. The third-order valence-electron chi connectivity index (χ3n) is 2.48. The van der Waals surface area contributed by atoms with Crippen molar-refractivity contribution in [1.29, 1.82) is 0 Å². The highest BCUT2D eigenvalue weighted by molar-refractivity contribution is 7.90. The third kappa shape index (κ3) is 3.41. The van der Waals surface area contributed by atoms with Gasteiger partial charge in [-0.25, -0.2) is 8.42 Å². The van der Waals surface area contributed by atoms with Gasteiger partial charge in [0.1, 0.15) is 0 Å². The van der Waals surface area contributed by atoms with E-state index in [1.165, 1.54) is 18.2 Å². The fraction of sp³-hybridized carbons (Fsp3) is 0.250. The topological polar surface area (TPSA) is 97.5 Å². The van der Waals surface area contributed by atoms with E-state index in [0.29, 0.717) is 11.1 Å². The predicted molar refractivity (Wildman–Crippen MR) is 68.8 cm³/mol. The Bertz CT molecular complexity index is 578. The van der Waals surface area contributed by atoms with Gasteiger partial charge in [-0.3, -0.25) is 4.79 Å². The summed E-state index contributed by atoms with van der Waals surface area (Å²) < 4.78 is 23.0. The Hall–Kier alpha value is -1.66. The molecule has 1 unspecified atom stereocenters. The Morgan fingerprint density at radius 1 is 1.56 bits per heavy atom. The van der Waals surface area contributed by atoms with Crippen LogP contribution in [0.4, 0.5) is 0 Å². The zero-order valence-electron chi connectivity index (χ0n) is 9.96. The van der Waals surface area contributed by atoms with Gasteiger partial charge in [0, 0.05) is 12.3 Å². The van der Waals surface area contributed by atoms with E-state index in [-0.39, 0.29) is 11.3 Å². The zero-order chi connectivity index (χ0) is 13.9. The molecule has 0 fully saturated rings. The minimum atomic E-state index is -3.34. The van der Waals surface area contributed by atoms with Crippen LogP contribution >= 0.6 is 0 Å². The largest absolute Gasteiger partial charge is 0.481 e. The zero-order valence-corrected chi connectivity index (χ0v) is 10.8. The highest BCUT2D eigenvalue weighted by Crippen LogP contribution is 2.22. The van der Waals surface area contributed by atoms with Crippen molar-refractivity contribution in [3.05, 3.63) is 35.9 Å². The second-order valence-electron chi connectivity index (χ2n) is 3.98. The van der Waals surface area contributed by atoms with Crippen molar-refractivity contribution in [1.82, 2.24) is 0 Å². The summed E-state index contributed by atoms with van der Waals surface area (Å²) in [6.45, 7) is 3.54. The second kappa shape index (κ2) is 5.32. The average Bonchev–Trinajstić information content (AvgIpc) is 2.26. The molecule has 5 nitrogen and oxygen atoms in total. The Labute approximate surface area is 106 Å². The molecule has 6 heteroatoms. The van der Waals surface area contributed by atoms with Gasteiger partial charge in [0.05, 0.1) is 11.3 Å². The van der Waals surface area contributed by atoms with Crippen LogP contribution in [0.15, 0.2) is 29.7 Å². The molecule has 0 saturated carbocycles. The van der Waals surface area contributed by atoms with Gasteiger partial charge >= 0.3 is 5.97 Å². The lowest BCUT2D eigenvalue weighted by Gasteiger charge is -2.12. The lowest BCUT2D eigenvalue weighted by atomic mass is 10.0. The molecule has 1 atom stereocenters. The van der Waals surface area contributed by atoms with E-state index in [1.807, 2.05) is 0 Å². The minimum absolute atomic E-state index is 0.156. The molecule has 18 heavy (non-hydrogen) atoms. The van der Waals surface area contributed by atoms with Crippen molar-refractivity contribution in [2.45, 2.75) is 17.4 Å². The summed E-state index contributed by atoms with van der Waals surface area (Å²) in [6, 6.07) is 3.83. The number of benzene rings is 1. The Morgan fingerprint density at radius 2 is 2.17 bits per heavy atom. The molecule has 0 aliphatic carbocycles. The first-order valence-electron chi connectivity index (χ1n) is 5.19. The summed E-state index contributed by atoms with van der Waals surface area (Å²) in [4.78, 5) is 10.7. The summed E-state index contributed by atoms with van der Waals surface area (Å²) in [7, 11) is -3.34. The first-order chi connectivity index (χ1) is 8.25. The lowest BCUT2D eigenvalue weighted by molar-refractivity contribution is -0.137. The van der Waals surface area contributed by atoms with Crippen LogP contribution in [0.2, 0.25) is 0 Å². The SMILES string of the molecule is C=Cc1cc(C(N)CC(=O)O)ccc1S(C)(=O)=O. The van der Waals surface area contributed by atoms with Crippen molar-refractivity contribution in [3.8, 4) is 0 Å². The molecule has 0 heterocycles. The quantitative estimate of drug-likeness (QED) is 0.837. The summed E-state index contributed by atoms with van der Waals surface area (Å²) in [5, 5.41) is 8.66. The molecular formula is C12H15NO4S. The number of nitrogens with two attached hydrogens (primary N) is 1. The van der Waals surface area contributed by atoms with E-state index in [1.54, 1.807) is 6.07 Å². The van der Waals surface area contributed by atoms with E-state index in [4.69, 9.17) is 10.8 Å². The fourth-order valence-corrected chi connectivity index (χ4v) is 2.49. The Balaban J connectivity index is 3.22. The number of sulfone groups is 1. The van der Waals surface area contributed by atoms with E-state index in [9.17, 15) is 13.2 Å². The van der Waals surface area contributed by atoms with E-state index < -0.39 is 21.8 Å². The predicted octanol–water partition coefficient (Wildman–Crippen LogP) is 1.21. The maximum Gasteiger partial charge on any atom is 0.305 e. The average molecular weight is 269 g/mol. The summed E-state index contributed by atoms with van der Waals surface area (Å²) in [6.07, 6.45) is 2.30. The number of carboxylic acid groups (broad SMARTS) is 1. The van der Waals surface area contributed by atoms with Gasteiger partial charge in [0.15, 0.2) is 9.84 Å². The van der Waals surface area contributed by atoms with Crippen molar-refractivity contribution in [2.24, 2.45) is 5.73 Å². The van der Waals surface area contributed by atoms with Gasteiger partial charge in [-0.05, 0) is 23.3 Å². The first-order valence-corrected chi connectivity index (χ1v) is 7.08. The number of hydrogen-bond acceptors (Lipinski definition) is 4. The first kappa shape index (κ1) is 14.4. The van der Waals surface area contributed by atoms with Crippen LogP contribution < -0.4 is 5.73 Å². The molecule has 0 saturated heterocycles. The van der Waals surface area contributed by atoms with E-state index in [2.05, 4.69) is 6.58 Å². The lowest BCUT2D eigenvalue weighted by Crippen LogP contribution is -2.15. The van der Waals surface area contributed by atoms with Crippen LogP contribution in [0, 0.1) is 0 Å². The summed E-state index contributed by atoms with van der Waals surface area (Å²) in [5.74, 6) is -1.00. The number of carbonyl (C=O) groups is 1. The molecular weight excluding hydrogens is 254 g/mol. The molecule has 0 radical (unpaired) electrons. The molecule has 0 aliphatic heterocycles. The van der Waals surface area contributed by atoms with Gasteiger partial charge in [-0.2, -0.15) is 0 Å². The van der Waals surface area contributed by atoms with Crippen LogP contribution in [0.3, 0.4) is 0 Å². The van der Waals surface area contributed by atoms with Crippen molar-refractivity contribution in [2.75, 3.05) is 6.26 Å².